The summed E-state index contributed by atoms with van der Waals surface area (Å²) in [4.78, 5) is 0. The lowest BCUT2D eigenvalue weighted by atomic mass is 10.2. The number of benzene rings is 1. The number of rotatable bonds is 4. The maximum absolute atomic E-state index is 4.96. The van der Waals surface area contributed by atoms with Crippen molar-refractivity contribution in [3.8, 4) is 0 Å². The van der Waals surface area contributed by atoms with Crippen molar-refractivity contribution in [1.82, 2.24) is 10.2 Å². The third-order valence-electron chi connectivity index (χ3n) is 2.17. The van der Waals surface area contributed by atoms with E-state index in [0.29, 0.717) is 6.61 Å². The molecule has 1 heterocycles. The fourth-order valence-corrected chi connectivity index (χ4v) is 1.43. The van der Waals surface area contributed by atoms with E-state index in [0.717, 1.165) is 23.1 Å². The summed E-state index contributed by atoms with van der Waals surface area (Å²) >= 11 is 0. The molecule has 0 aliphatic rings. The van der Waals surface area contributed by atoms with E-state index in [1.54, 1.807) is 13.3 Å². The molecule has 1 aromatic heterocycles. The molecule has 0 fully saturated rings. The second kappa shape index (κ2) is 4.70. The highest BCUT2D eigenvalue weighted by atomic mass is 16.5. The van der Waals surface area contributed by atoms with Crippen LogP contribution in [0.1, 0.15) is 0 Å². The Kier molecular flexibility index (Phi) is 3.09. The lowest BCUT2D eigenvalue weighted by Crippen LogP contribution is -2.09. The maximum atomic E-state index is 4.96. The van der Waals surface area contributed by atoms with Gasteiger partial charge in [0, 0.05) is 24.4 Å². The summed E-state index contributed by atoms with van der Waals surface area (Å²) in [6.45, 7) is 1.39. The van der Waals surface area contributed by atoms with Gasteiger partial charge in [0.15, 0.2) is 5.82 Å². The molecule has 0 aliphatic carbocycles. The normalized spacial score (nSPS) is 10.5. The molecule has 2 rings (SSSR count). The molecule has 0 unspecified atom stereocenters. The lowest BCUT2D eigenvalue weighted by molar-refractivity contribution is 0.210. The van der Waals surface area contributed by atoms with Gasteiger partial charge in [-0.3, -0.25) is 0 Å². The Labute approximate surface area is 88.3 Å². The molecule has 0 spiro atoms. The van der Waals surface area contributed by atoms with Gasteiger partial charge in [-0.1, -0.05) is 24.3 Å². The summed E-state index contributed by atoms with van der Waals surface area (Å²) in [7, 11) is 1.68. The zero-order valence-corrected chi connectivity index (χ0v) is 8.60. The zero-order valence-electron chi connectivity index (χ0n) is 8.60. The highest BCUT2D eigenvalue weighted by Gasteiger charge is 2.00. The van der Waals surface area contributed by atoms with Gasteiger partial charge < -0.3 is 10.1 Å². The van der Waals surface area contributed by atoms with Gasteiger partial charge in [-0.05, 0) is 0 Å². The molecule has 0 aliphatic heterocycles. The van der Waals surface area contributed by atoms with Gasteiger partial charge >= 0.3 is 0 Å². The minimum Gasteiger partial charge on any atom is -0.383 e. The highest BCUT2D eigenvalue weighted by molar-refractivity contribution is 5.90. The summed E-state index contributed by atoms with van der Waals surface area (Å²) in [6.07, 6.45) is 1.76. The van der Waals surface area contributed by atoms with Crippen LogP contribution in [-0.2, 0) is 4.74 Å². The molecule has 0 amide bonds. The number of methoxy groups -OCH3 is 1. The second-order valence-corrected chi connectivity index (χ2v) is 3.20. The Morgan fingerprint density at radius 1 is 1.33 bits per heavy atom. The molecule has 0 bridgehead atoms. The van der Waals surface area contributed by atoms with Crippen LogP contribution in [0.25, 0.3) is 10.8 Å². The number of nitrogens with one attached hydrogen (secondary N) is 1. The third kappa shape index (κ3) is 2.22. The molecular formula is C11H13N3O. The molecule has 1 aromatic carbocycles. The van der Waals surface area contributed by atoms with Crippen LogP contribution in [0.2, 0.25) is 0 Å². The largest absolute Gasteiger partial charge is 0.383 e. The van der Waals surface area contributed by atoms with Crippen LogP contribution in [0.15, 0.2) is 30.5 Å². The van der Waals surface area contributed by atoms with Crippen LogP contribution in [0.3, 0.4) is 0 Å². The van der Waals surface area contributed by atoms with Crippen molar-refractivity contribution in [3.63, 3.8) is 0 Å². The SMILES string of the molecule is COCCNc1nncc2ccccc12. The number of fused-ring (bicyclic) bond motifs is 1. The van der Waals surface area contributed by atoms with E-state index in [9.17, 15) is 0 Å². The summed E-state index contributed by atoms with van der Waals surface area (Å²) in [5.74, 6) is 0.810. The first-order valence-corrected chi connectivity index (χ1v) is 4.85. The van der Waals surface area contributed by atoms with Crippen molar-refractivity contribution < 1.29 is 4.74 Å². The Balaban J connectivity index is 2.26. The summed E-state index contributed by atoms with van der Waals surface area (Å²) in [6, 6.07) is 8.03. The molecule has 2 aromatic rings. The summed E-state index contributed by atoms with van der Waals surface area (Å²) in [5, 5.41) is 13.4. The first-order chi connectivity index (χ1) is 7.42. The van der Waals surface area contributed by atoms with E-state index >= 15 is 0 Å². The van der Waals surface area contributed by atoms with E-state index in [2.05, 4.69) is 15.5 Å². The van der Waals surface area contributed by atoms with Crippen LogP contribution in [0, 0.1) is 0 Å². The van der Waals surface area contributed by atoms with Crippen LogP contribution in [-0.4, -0.2) is 30.5 Å². The average Bonchev–Trinajstić information content (AvgIpc) is 2.30. The van der Waals surface area contributed by atoms with Crippen LogP contribution < -0.4 is 5.32 Å². The van der Waals surface area contributed by atoms with Gasteiger partial charge in [-0.15, -0.1) is 5.10 Å². The van der Waals surface area contributed by atoms with Gasteiger partial charge in [0.1, 0.15) is 0 Å². The second-order valence-electron chi connectivity index (χ2n) is 3.20. The number of aromatic nitrogens is 2. The third-order valence-corrected chi connectivity index (χ3v) is 2.17. The topological polar surface area (TPSA) is 47.0 Å². The number of ether oxygens (including phenoxy) is 1. The molecule has 0 saturated heterocycles. The molecule has 15 heavy (non-hydrogen) atoms. The van der Waals surface area contributed by atoms with E-state index < -0.39 is 0 Å². The number of hydrogen-bond donors (Lipinski definition) is 1. The molecule has 0 atom stereocenters. The smallest absolute Gasteiger partial charge is 0.156 e. The van der Waals surface area contributed by atoms with Crippen molar-refractivity contribution in [2.45, 2.75) is 0 Å². The quantitative estimate of drug-likeness (QED) is 0.768. The molecular weight excluding hydrogens is 190 g/mol. The minimum atomic E-state index is 0.658. The van der Waals surface area contributed by atoms with Crippen LogP contribution >= 0.6 is 0 Å². The van der Waals surface area contributed by atoms with E-state index in [4.69, 9.17) is 4.74 Å². The van der Waals surface area contributed by atoms with Gasteiger partial charge in [-0.25, -0.2) is 0 Å². The Morgan fingerprint density at radius 2 is 2.20 bits per heavy atom. The molecule has 0 saturated carbocycles. The number of nitrogens with zero attached hydrogens (tertiary/aromatic N) is 2. The highest BCUT2D eigenvalue weighted by Crippen LogP contribution is 2.18. The fraction of sp³-hybridized carbons (Fsp3) is 0.273. The predicted molar refractivity (Wildman–Crippen MR) is 59.9 cm³/mol. The van der Waals surface area contributed by atoms with E-state index in [-0.39, 0.29) is 0 Å². The lowest BCUT2D eigenvalue weighted by Gasteiger charge is -2.06. The molecule has 4 heteroatoms. The van der Waals surface area contributed by atoms with Crippen LogP contribution in [0.5, 0.6) is 0 Å². The summed E-state index contributed by atoms with van der Waals surface area (Å²) < 4.78 is 4.96. The van der Waals surface area contributed by atoms with Gasteiger partial charge in [0.2, 0.25) is 0 Å². The van der Waals surface area contributed by atoms with Crippen LogP contribution in [0.4, 0.5) is 5.82 Å². The van der Waals surface area contributed by atoms with E-state index in [1.807, 2.05) is 24.3 Å². The maximum Gasteiger partial charge on any atom is 0.156 e. The average molecular weight is 203 g/mol. The summed E-state index contributed by atoms with van der Waals surface area (Å²) in [5.41, 5.74) is 0. The van der Waals surface area contributed by atoms with E-state index in [1.165, 1.54) is 0 Å². The van der Waals surface area contributed by atoms with Crippen molar-refractivity contribution in [2.24, 2.45) is 0 Å². The molecule has 78 valence electrons. The fourth-order valence-electron chi connectivity index (χ4n) is 1.43. The number of anilines is 1. The minimum absolute atomic E-state index is 0.658. The Morgan fingerprint density at radius 3 is 3.07 bits per heavy atom. The Hall–Kier alpha value is -1.68. The predicted octanol–water partition coefficient (Wildman–Crippen LogP) is 1.69. The van der Waals surface area contributed by atoms with Gasteiger partial charge in [-0.2, -0.15) is 5.10 Å². The standard InChI is InChI=1S/C11H13N3O/c1-15-7-6-12-11-10-5-3-2-4-9(10)8-13-14-11/h2-5,8H,6-7H2,1H3,(H,12,14). The van der Waals surface area contributed by atoms with Crippen molar-refractivity contribution in [1.29, 1.82) is 0 Å². The molecule has 4 nitrogen and oxygen atoms in total. The first kappa shape index (κ1) is 9.86. The monoisotopic (exact) mass is 203 g/mol. The number of hydrogen-bond acceptors (Lipinski definition) is 4. The zero-order chi connectivity index (χ0) is 10.5. The Bertz CT molecular complexity index is 439. The van der Waals surface area contributed by atoms with Crippen molar-refractivity contribution in [3.05, 3.63) is 30.5 Å². The molecule has 0 radical (unpaired) electrons. The van der Waals surface area contributed by atoms with Crippen molar-refractivity contribution >= 4 is 16.6 Å². The van der Waals surface area contributed by atoms with Gasteiger partial charge in [0.05, 0.1) is 12.8 Å². The molecule has 1 N–H and O–H groups in total. The van der Waals surface area contributed by atoms with Gasteiger partial charge in [0.25, 0.3) is 0 Å². The van der Waals surface area contributed by atoms with Crippen molar-refractivity contribution in [2.75, 3.05) is 25.6 Å². The first-order valence-electron chi connectivity index (χ1n) is 4.85.